The molecule has 1 aliphatic heterocycles. The summed E-state index contributed by atoms with van der Waals surface area (Å²) in [6.07, 6.45) is 1.96. The van der Waals surface area contributed by atoms with Gasteiger partial charge in [0.2, 0.25) is 15.9 Å². The van der Waals surface area contributed by atoms with Crippen LogP contribution in [0.5, 0.6) is 0 Å². The first-order valence-corrected chi connectivity index (χ1v) is 12.6. The van der Waals surface area contributed by atoms with E-state index in [0.717, 1.165) is 10.6 Å². The number of aromatic amines is 1. The molecule has 2 aliphatic rings. The number of halogens is 2. The number of aromatic nitrogens is 2. The summed E-state index contributed by atoms with van der Waals surface area (Å²) in [6, 6.07) is 12.2. The van der Waals surface area contributed by atoms with Gasteiger partial charge in [0.05, 0.1) is 36.3 Å². The van der Waals surface area contributed by atoms with Gasteiger partial charge in [-0.2, -0.15) is 4.31 Å². The van der Waals surface area contributed by atoms with Crippen LogP contribution in [-0.2, 0) is 21.4 Å². The van der Waals surface area contributed by atoms with Crippen molar-refractivity contribution in [2.45, 2.75) is 18.9 Å². The van der Waals surface area contributed by atoms with Crippen molar-refractivity contribution >= 4 is 38.9 Å². The van der Waals surface area contributed by atoms with Crippen molar-refractivity contribution in [3.05, 3.63) is 59.9 Å². The van der Waals surface area contributed by atoms with Crippen molar-refractivity contribution in [1.29, 1.82) is 0 Å². The fourth-order valence-corrected chi connectivity index (χ4v) is 4.77. The third-order valence-corrected chi connectivity index (χ3v) is 7.16. The maximum absolute atomic E-state index is 13.3. The van der Waals surface area contributed by atoms with Gasteiger partial charge in [-0.05, 0) is 24.3 Å². The molecule has 0 spiro atoms. The van der Waals surface area contributed by atoms with E-state index in [9.17, 15) is 26.8 Å². The molecule has 1 amide bonds. The lowest BCUT2D eigenvalue weighted by Crippen LogP contribution is -2.38. The fourth-order valence-electron chi connectivity index (χ4n) is 4.06. The highest BCUT2D eigenvalue weighted by Gasteiger charge is 2.61. The Balaban J connectivity index is 1.55. The second-order valence-electron chi connectivity index (χ2n) is 8.61. The van der Waals surface area contributed by atoms with Crippen molar-refractivity contribution in [2.75, 3.05) is 23.4 Å². The van der Waals surface area contributed by atoms with E-state index < -0.39 is 34.2 Å². The Morgan fingerprint density at radius 2 is 1.91 bits per heavy atom. The average molecular weight is 502 g/mol. The quantitative estimate of drug-likeness (QED) is 0.476. The van der Waals surface area contributed by atoms with Gasteiger partial charge in [-0.15, -0.1) is 0 Å². The van der Waals surface area contributed by atoms with E-state index in [0.29, 0.717) is 33.9 Å². The molecule has 1 atom stereocenters. The zero-order valence-electron chi connectivity index (χ0n) is 18.5. The Morgan fingerprint density at radius 3 is 2.57 bits per heavy atom. The number of hydrogen-bond donors (Lipinski definition) is 3. The molecule has 12 heteroatoms. The van der Waals surface area contributed by atoms with Crippen LogP contribution in [0.4, 0.5) is 26.0 Å². The van der Waals surface area contributed by atoms with Gasteiger partial charge in [0.15, 0.2) is 5.78 Å². The van der Waals surface area contributed by atoms with E-state index in [1.165, 1.54) is 12.3 Å². The normalized spacial score (nSPS) is 19.2. The zero-order chi connectivity index (χ0) is 25.0. The number of rotatable bonds is 6. The molecule has 0 radical (unpaired) electrons. The Bertz CT molecular complexity index is 1440. The second-order valence-corrected chi connectivity index (χ2v) is 10.6. The van der Waals surface area contributed by atoms with Gasteiger partial charge in [0.25, 0.3) is 5.92 Å². The largest absolute Gasteiger partial charge is 0.355 e. The van der Waals surface area contributed by atoms with Crippen LogP contribution in [0.15, 0.2) is 48.7 Å². The zero-order valence-corrected chi connectivity index (χ0v) is 19.3. The molecule has 1 fully saturated rings. The minimum atomic E-state index is -3.61. The van der Waals surface area contributed by atoms with Gasteiger partial charge in [0, 0.05) is 29.6 Å². The van der Waals surface area contributed by atoms with E-state index in [1.807, 2.05) is 30.3 Å². The number of sulfonamides is 1. The maximum atomic E-state index is 13.3. The standard InChI is InChI=1S/C23H21F2N5O4S/c1-35(33,34)30-11-16-19(17(31)12-30)21(27-14-5-3-2-4-6-14)20(28-16)13-7-8-26-18(9-13)29-22(32)15-10-23(15,24)25/h2-9,15,27-28H,10-12H2,1H3,(H,26,29,32). The van der Waals surface area contributed by atoms with Crippen LogP contribution in [-0.4, -0.2) is 53.1 Å². The highest BCUT2D eigenvalue weighted by Crippen LogP contribution is 2.49. The summed E-state index contributed by atoms with van der Waals surface area (Å²) in [6.45, 7) is -0.311. The molecule has 5 rings (SSSR count). The number of fused-ring (bicyclic) bond motifs is 1. The predicted molar refractivity (Wildman–Crippen MR) is 125 cm³/mol. The van der Waals surface area contributed by atoms with Gasteiger partial charge in [-0.3, -0.25) is 9.59 Å². The molecule has 1 aliphatic carbocycles. The van der Waals surface area contributed by atoms with Crippen molar-refractivity contribution in [3.63, 3.8) is 0 Å². The van der Waals surface area contributed by atoms with Crippen molar-refractivity contribution in [2.24, 2.45) is 5.92 Å². The summed E-state index contributed by atoms with van der Waals surface area (Å²) in [5, 5.41) is 5.65. The van der Waals surface area contributed by atoms with Crippen molar-refractivity contribution < 1.29 is 26.8 Å². The summed E-state index contributed by atoms with van der Waals surface area (Å²) in [7, 11) is -3.61. The number of amides is 1. The highest BCUT2D eigenvalue weighted by molar-refractivity contribution is 7.88. The van der Waals surface area contributed by atoms with Crippen LogP contribution in [0.2, 0.25) is 0 Å². The van der Waals surface area contributed by atoms with Crippen molar-refractivity contribution in [3.8, 4) is 11.3 Å². The van der Waals surface area contributed by atoms with Gasteiger partial charge in [0.1, 0.15) is 11.7 Å². The van der Waals surface area contributed by atoms with E-state index in [-0.39, 0.29) is 24.7 Å². The minimum Gasteiger partial charge on any atom is -0.355 e. The molecule has 9 nitrogen and oxygen atoms in total. The summed E-state index contributed by atoms with van der Waals surface area (Å²) in [5.41, 5.74) is 2.89. The van der Waals surface area contributed by atoms with E-state index in [2.05, 4.69) is 20.6 Å². The predicted octanol–water partition coefficient (Wildman–Crippen LogP) is 3.37. The van der Waals surface area contributed by atoms with Crippen LogP contribution in [0.3, 0.4) is 0 Å². The molecule has 3 heterocycles. The van der Waals surface area contributed by atoms with E-state index in [1.54, 1.807) is 6.07 Å². The molecular formula is C23H21F2N5O4S. The molecule has 0 bridgehead atoms. The van der Waals surface area contributed by atoms with Crippen LogP contribution in [0, 0.1) is 5.92 Å². The number of benzene rings is 1. The Hall–Kier alpha value is -3.64. The number of alkyl halides is 2. The van der Waals surface area contributed by atoms with Crippen LogP contribution < -0.4 is 10.6 Å². The number of pyridine rings is 1. The molecule has 35 heavy (non-hydrogen) atoms. The number of Topliss-reactive ketones (excluding diaryl/α,β-unsaturated/α-hetero) is 1. The molecule has 0 saturated heterocycles. The molecular weight excluding hydrogens is 480 g/mol. The van der Waals surface area contributed by atoms with Crippen LogP contribution >= 0.6 is 0 Å². The SMILES string of the molecule is CS(=O)(=O)N1CC(=O)c2c([nH]c(-c3ccnc(NC(=O)C4CC4(F)F)c3)c2Nc2ccccc2)C1. The first-order chi connectivity index (χ1) is 16.5. The number of H-pyrrole nitrogens is 1. The summed E-state index contributed by atoms with van der Waals surface area (Å²) >= 11 is 0. The summed E-state index contributed by atoms with van der Waals surface area (Å²) in [4.78, 5) is 32.4. The van der Waals surface area contributed by atoms with E-state index in [4.69, 9.17) is 0 Å². The lowest BCUT2D eigenvalue weighted by molar-refractivity contribution is -0.119. The number of carbonyl (C=O) groups excluding carboxylic acids is 2. The first kappa shape index (κ1) is 23.1. The number of hydrogen-bond acceptors (Lipinski definition) is 6. The smallest absolute Gasteiger partial charge is 0.260 e. The van der Waals surface area contributed by atoms with Crippen LogP contribution in [0.1, 0.15) is 22.5 Å². The molecule has 1 aromatic carbocycles. The van der Waals surface area contributed by atoms with Crippen molar-refractivity contribution in [1.82, 2.24) is 14.3 Å². The van der Waals surface area contributed by atoms with Gasteiger partial charge in [-0.1, -0.05) is 18.2 Å². The maximum Gasteiger partial charge on any atom is 0.260 e. The molecule has 2 aromatic heterocycles. The molecule has 1 unspecified atom stereocenters. The number of carbonyl (C=O) groups is 2. The monoisotopic (exact) mass is 501 g/mol. The molecule has 182 valence electrons. The summed E-state index contributed by atoms with van der Waals surface area (Å²) in [5.74, 6) is -5.49. The Labute approximate surface area is 199 Å². The Morgan fingerprint density at radius 1 is 1.20 bits per heavy atom. The number of anilines is 3. The molecule has 3 aromatic rings. The van der Waals surface area contributed by atoms with E-state index >= 15 is 0 Å². The molecule has 3 N–H and O–H groups in total. The third kappa shape index (κ3) is 4.54. The number of nitrogens with zero attached hydrogens (tertiary/aromatic N) is 2. The molecule has 1 saturated carbocycles. The number of para-hydroxylation sites is 1. The summed E-state index contributed by atoms with van der Waals surface area (Å²) < 4.78 is 51.8. The topological polar surface area (TPSA) is 124 Å². The van der Waals surface area contributed by atoms with Gasteiger partial charge in [-0.25, -0.2) is 22.2 Å². The van der Waals surface area contributed by atoms with Crippen LogP contribution in [0.25, 0.3) is 11.3 Å². The minimum absolute atomic E-state index is 0.0190. The second kappa shape index (κ2) is 8.24. The Kier molecular flexibility index (Phi) is 5.44. The first-order valence-electron chi connectivity index (χ1n) is 10.7. The van der Waals surface area contributed by atoms with Gasteiger partial charge < -0.3 is 15.6 Å². The lowest BCUT2D eigenvalue weighted by Gasteiger charge is -2.24. The highest BCUT2D eigenvalue weighted by atomic mass is 32.2. The lowest BCUT2D eigenvalue weighted by atomic mass is 10.0. The van der Waals surface area contributed by atoms with Gasteiger partial charge >= 0.3 is 0 Å². The number of ketones is 1. The number of nitrogens with one attached hydrogen (secondary N) is 3. The fraction of sp³-hybridized carbons (Fsp3) is 0.261. The average Bonchev–Trinajstić information content (AvgIpc) is 3.29. The third-order valence-electron chi connectivity index (χ3n) is 5.97.